The first-order valence-electron chi connectivity index (χ1n) is 7.24. The molecule has 0 aliphatic rings. The van der Waals surface area contributed by atoms with Crippen molar-refractivity contribution in [3.8, 4) is 17.3 Å². The van der Waals surface area contributed by atoms with Gasteiger partial charge in [-0.2, -0.15) is 18.4 Å². The number of aromatic amines is 1. The van der Waals surface area contributed by atoms with Crippen LogP contribution in [0, 0.1) is 11.3 Å². The molecule has 3 rings (SSSR count). The number of aromatic nitrogens is 3. The topological polar surface area (TPSA) is 65.4 Å². The lowest BCUT2D eigenvalue weighted by atomic mass is 10.0. The lowest BCUT2D eigenvalue weighted by Crippen LogP contribution is -2.04. The highest BCUT2D eigenvalue weighted by Gasteiger charge is 2.30. The van der Waals surface area contributed by atoms with Crippen molar-refractivity contribution in [2.75, 3.05) is 0 Å². The van der Waals surface area contributed by atoms with Crippen LogP contribution in [0.3, 0.4) is 0 Å². The Morgan fingerprint density at radius 2 is 1.68 bits per heavy atom. The SMILES string of the molecule is N#Cc1nn[nH]c1-c1cccc(C=Cc2cccc(C(F)(F)F)c2)c1. The van der Waals surface area contributed by atoms with E-state index in [1.54, 1.807) is 36.4 Å². The average Bonchev–Trinajstić information content (AvgIpc) is 3.08. The molecule has 0 atom stereocenters. The summed E-state index contributed by atoms with van der Waals surface area (Å²) in [4.78, 5) is 0. The molecular formula is C18H11F3N4. The minimum absolute atomic E-state index is 0.180. The molecule has 2 aromatic carbocycles. The number of H-pyrrole nitrogens is 1. The Morgan fingerprint density at radius 1 is 1.00 bits per heavy atom. The zero-order valence-electron chi connectivity index (χ0n) is 12.7. The molecule has 0 amide bonds. The van der Waals surface area contributed by atoms with Gasteiger partial charge in [0.2, 0.25) is 0 Å². The maximum Gasteiger partial charge on any atom is 0.416 e. The van der Waals surface area contributed by atoms with Gasteiger partial charge in [-0.05, 0) is 29.3 Å². The van der Waals surface area contributed by atoms with Crippen LogP contribution in [0.25, 0.3) is 23.4 Å². The summed E-state index contributed by atoms with van der Waals surface area (Å²) >= 11 is 0. The average molecular weight is 340 g/mol. The van der Waals surface area contributed by atoms with Gasteiger partial charge in [-0.3, -0.25) is 5.10 Å². The molecule has 0 spiro atoms. The Hall–Kier alpha value is -3.40. The number of benzene rings is 2. The van der Waals surface area contributed by atoms with E-state index in [2.05, 4.69) is 15.4 Å². The van der Waals surface area contributed by atoms with Gasteiger partial charge in [-0.1, -0.05) is 47.7 Å². The second kappa shape index (κ2) is 6.61. The molecule has 0 aliphatic heterocycles. The predicted octanol–water partition coefficient (Wildman–Crippen LogP) is 4.53. The summed E-state index contributed by atoms with van der Waals surface area (Å²) in [6.07, 6.45) is -1.06. The summed E-state index contributed by atoms with van der Waals surface area (Å²) in [6.45, 7) is 0. The van der Waals surface area contributed by atoms with E-state index in [1.165, 1.54) is 6.07 Å². The molecule has 7 heteroatoms. The van der Waals surface area contributed by atoms with Crippen molar-refractivity contribution in [2.45, 2.75) is 6.18 Å². The smallest absolute Gasteiger partial charge is 0.256 e. The zero-order valence-corrected chi connectivity index (χ0v) is 12.7. The Balaban J connectivity index is 1.88. The van der Waals surface area contributed by atoms with Crippen molar-refractivity contribution in [3.63, 3.8) is 0 Å². The lowest BCUT2D eigenvalue weighted by molar-refractivity contribution is -0.137. The van der Waals surface area contributed by atoms with Crippen LogP contribution >= 0.6 is 0 Å². The van der Waals surface area contributed by atoms with Gasteiger partial charge in [0, 0.05) is 5.56 Å². The molecular weight excluding hydrogens is 329 g/mol. The molecule has 1 N–H and O–H groups in total. The maximum absolute atomic E-state index is 12.7. The number of nitriles is 1. The number of nitrogens with one attached hydrogen (secondary N) is 1. The molecule has 0 aliphatic carbocycles. The summed E-state index contributed by atoms with van der Waals surface area (Å²) in [5.74, 6) is 0. The largest absolute Gasteiger partial charge is 0.416 e. The standard InChI is InChI=1S/C18H11F3N4/c19-18(20,21)15-6-2-4-13(10-15)8-7-12-3-1-5-14(9-12)17-16(11-22)23-25-24-17/h1-10H,(H,23,24,25). The molecule has 4 nitrogen and oxygen atoms in total. The number of alkyl halides is 3. The van der Waals surface area contributed by atoms with Crippen LogP contribution < -0.4 is 0 Å². The molecule has 0 saturated carbocycles. The first kappa shape index (κ1) is 16.5. The molecule has 0 bridgehead atoms. The summed E-state index contributed by atoms with van der Waals surface area (Å²) < 4.78 is 38.2. The monoisotopic (exact) mass is 340 g/mol. The molecule has 0 fully saturated rings. The summed E-state index contributed by atoms with van der Waals surface area (Å²) in [5, 5.41) is 18.9. The molecule has 0 radical (unpaired) electrons. The minimum atomic E-state index is -4.37. The van der Waals surface area contributed by atoms with Gasteiger partial charge < -0.3 is 0 Å². The van der Waals surface area contributed by atoms with Gasteiger partial charge >= 0.3 is 6.18 Å². The number of rotatable bonds is 3. The normalized spacial score (nSPS) is 11.6. The lowest BCUT2D eigenvalue weighted by Gasteiger charge is -2.06. The van der Waals surface area contributed by atoms with Crippen LogP contribution in [-0.2, 0) is 6.18 Å². The third-order valence-electron chi connectivity index (χ3n) is 3.51. The first-order valence-corrected chi connectivity index (χ1v) is 7.24. The quantitative estimate of drug-likeness (QED) is 0.712. The van der Waals surface area contributed by atoms with Crippen LogP contribution in [0.5, 0.6) is 0 Å². The fourth-order valence-corrected chi connectivity index (χ4v) is 2.32. The molecule has 3 aromatic rings. The van der Waals surface area contributed by atoms with Crippen molar-refractivity contribution in [2.24, 2.45) is 0 Å². The molecule has 1 aromatic heterocycles. The van der Waals surface area contributed by atoms with E-state index in [-0.39, 0.29) is 5.69 Å². The van der Waals surface area contributed by atoms with E-state index in [0.29, 0.717) is 16.8 Å². The molecule has 124 valence electrons. The highest BCUT2D eigenvalue weighted by Crippen LogP contribution is 2.30. The van der Waals surface area contributed by atoms with E-state index in [1.807, 2.05) is 12.1 Å². The molecule has 0 saturated heterocycles. The zero-order chi connectivity index (χ0) is 17.9. The van der Waals surface area contributed by atoms with E-state index < -0.39 is 11.7 Å². The number of hydrogen-bond acceptors (Lipinski definition) is 3. The van der Waals surface area contributed by atoms with Crippen molar-refractivity contribution < 1.29 is 13.2 Å². The van der Waals surface area contributed by atoms with E-state index in [9.17, 15) is 13.2 Å². The van der Waals surface area contributed by atoms with Gasteiger partial charge in [-0.15, -0.1) is 5.10 Å². The van der Waals surface area contributed by atoms with Gasteiger partial charge in [0.25, 0.3) is 0 Å². The third kappa shape index (κ3) is 3.75. The van der Waals surface area contributed by atoms with Crippen molar-refractivity contribution in [1.29, 1.82) is 5.26 Å². The number of hydrogen-bond donors (Lipinski definition) is 1. The Bertz CT molecular complexity index is 965. The Labute approximate surface area is 141 Å². The van der Waals surface area contributed by atoms with Crippen LogP contribution in [0.15, 0.2) is 48.5 Å². The van der Waals surface area contributed by atoms with Crippen molar-refractivity contribution in [3.05, 3.63) is 70.9 Å². The van der Waals surface area contributed by atoms with E-state index in [4.69, 9.17) is 5.26 Å². The second-order valence-corrected chi connectivity index (χ2v) is 5.23. The summed E-state index contributed by atoms with van der Waals surface area (Å²) in [5.41, 5.74) is 1.92. The Morgan fingerprint density at radius 3 is 2.36 bits per heavy atom. The number of halogens is 3. The molecule has 0 unspecified atom stereocenters. The first-order chi connectivity index (χ1) is 12.0. The molecule has 25 heavy (non-hydrogen) atoms. The minimum Gasteiger partial charge on any atom is -0.256 e. The highest BCUT2D eigenvalue weighted by atomic mass is 19.4. The fraction of sp³-hybridized carbons (Fsp3) is 0.0556. The number of nitrogens with zero attached hydrogens (tertiary/aromatic N) is 3. The van der Waals surface area contributed by atoms with Crippen molar-refractivity contribution in [1.82, 2.24) is 15.4 Å². The Kier molecular flexibility index (Phi) is 4.35. The van der Waals surface area contributed by atoms with Crippen LogP contribution in [0.2, 0.25) is 0 Å². The second-order valence-electron chi connectivity index (χ2n) is 5.23. The highest BCUT2D eigenvalue weighted by molar-refractivity contribution is 5.74. The third-order valence-corrected chi connectivity index (χ3v) is 3.51. The summed E-state index contributed by atoms with van der Waals surface area (Å²) in [7, 11) is 0. The van der Waals surface area contributed by atoms with E-state index in [0.717, 1.165) is 17.7 Å². The van der Waals surface area contributed by atoms with E-state index >= 15 is 0 Å². The van der Waals surface area contributed by atoms with Gasteiger partial charge in [0.15, 0.2) is 5.69 Å². The van der Waals surface area contributed by atoms with Gasteiger partial charge in [0.1, 0.15) is 11.8 Å². The fourth-order valence-electron chi connectivity index (χ4n) is 2.32. The van der Waals surface area contributed by atoms with Gasteiger partial charge in [0.05, 0.1) is 5.56 Å². The van der Waals surface area contributed by atoms with Crippen LogP contribution in [-0.4, -0.2) is 15.4 Å². The molecule has 1 heterocycles. The summed E-state index contributed by atoms with van der Waals surface area (Å²) in [6, 6.07) is 14.2. The predicted molar refractivity (Wildman–Crippen MR) is 86.9 cm³/mol. The van der Waals surface area contributed by atoms with Crippen LogP contribution in [0.4, 0.5) is 13.2 Å². The maximum atomic E-state index is 12.7. The van der Waals surface area contributed by atoms with Crippen molar-refractivity contribution >= 4 is 12.2 Å². The van der Waals surface area contributed by atoms with Gasteiger partial charge in [-0.25, -0.2) is 0 Å². The van der Waals surface area contributed by atoms with Crippen LogP contribution in [0.1, 0.15) is 22.4 Å².